The first kappa shape index (κ1) is 18.1. The minimum absolute atomic E-state index is 0.114. The number of alkyl halides is 2. The zero-order valence-electron chi connectivity index (χ0n) is 10.8. The molecule has 0 rings (SSSR count). The van der Waals surface area contributed by atoms with E-state index < -0.39 is 7.60 Å². The van der Waals surface area contributed by atoms with Gasteiger partial charge in [-0.25, -0.2) is 0 Å². The summed E-state index contributed by atoms with van der Waals surface area (Å²) in [4.78, 5) is 0.300. The molecule has 1 N–H and O–H groups in total. The second kappa shape index (κ2) is 9.05. The van der Waals surface area contributed by atoms with Gasteiger partial charge in [0, 0.05) is 16.7 Å². The van der Waals surface area contributed by atoms with Gasteiger partial charge >= 0.3 is 7.60 Å². The molecular formula is C10H22Br2NO3P. The Morgan fingerprint density at radius 2 is 1.65 bits per heavy atom. The van der Waals surface area contributed by atoms with Crippen molar-refractivity contribution in [3.63, 3.8) is 0 Å². The van der Waals surface area contributed by atoms with Crippen LogP contribution in [0, 0.1) is 0 Å². The molecule has 0 heterocycles. The number of hydrogen-bond donors (Lipinski definition) is 1. The molecule has 0 bridgehead atoms. The molecule has 17 heavy (non-hydrogen) atoms. The fourth-order valence-electron chi connectivity index (χ4n) is 1.15. The van der Waals surface area contributed by atoms with E-state index in [1.54, 1.807) is 0 Å². The summed E-state index contributed by atoms with van der Waals surface area (Å²) in [6.07, 6.45) is 0.00741. The summed E-state index contributed by atoms with van der Waals surface area (Å²) in [6.45, 7) is 8.10. The maximum atomic E-state index is 12.4. The zero-order valence-corrected chi connectivity index (χ0v) is 14.8. The molecule has 0 amide bonds. The van der Waals surface area contributed by atoms with E-state index in [9.17, 15) is 4.57 Å². The highest BCUT2D eigenvalue weighted by Gasteiger charge is 2.27. The topological polar surface area (TPSA) is 47.6 Å². The predicted octanol–water partition coefficient (Wildman–Crippen LogP) is 3.74. The Labute approximate surface area is 121 Å². The van der Waals surface area contributed by atoms with Crippen molar-refractivity contribution >= 4 is 39.5 Å². The molecule has 0 aromatic carbocycles. The largest absolute Gasteiger partial charge is 0.344 e. The van der Waals surface area contributed by atoms with Crippen LogP contribution in [0.1, 0.15) is 27.7 Å². The van der Waals surface area contributed by atoms with Gasteiger partial charge in [0.25, 0.3) is 0 Å². The highest BCUT2D eigenvalue weighted by atomic mass is 79.9. The van der Waals surface area contributed by atoms with E-state index in [2.05, 4.69) is 37.2 Å². The Bertz CT molecular complexity index is 238. The van der Waals surface area contributed by atoms with Gasteiger partial charge in [-0.1, -0.05) is 31.9 Å². The molecule has 0 aromatic rings. The highest BCUT2D eigenvalue weighted by molar-refractivity contribution is 9.12. The molecule has 0 radical (unpaired) electrons. The molecular weight excluding hydrogens is 373 g/mol. The van der Waals surface area contributed by atoms with Gasteiger partial charge in [0.05, 0.1) is 18.5 Å². The molecule has 104 valence electrons. The van der Waals surface area contributed by atoms with Crippen LogP contribution in [-0.2, 0) is 13.6 Å². The first-order chi connectivity index (χ1) is 7.79. The summed E-state index contributed by atoms with van der Waals surface area (Å²) in [5.41, 5.74) is 0. The lowest BCUT2D eigenvalue weighted by Gasteiger charge is -2.23. The van der Waals surface area contributed by atoms with Crippen LogP contribution in [0.5, 0.6) is 0 Å². The second-order valence-corrected chi connectivity index (χ2v) is 8.19. The molecule has 0 saturated heterocycles. The van der Waals surface area contributed by atoms with Crippen molar-refractivity contribution in [3.05, 3.63) is 0 Å². The van der Waals surface area contributed by atoms with E-state index in [1.165, 1.54) is 0 Å². The van der Waals surface area contributed by atoms with Crippen molar-refractivity contribution in [2.24, 2.45) is 0 Å². The van der Waals surface area contributed by atoms with E-state index in [0.717, 1.165) is 5.33 Å². The number of hydrogen-bond acceptors (Lipinski definition) is 4. The Morgan fingerprint density at radius 1 is 1.18 bits per heavy atom. The van der Waals surface area contributed by atoms with Crippen molar-refractivity contribution in [1.29, 1.82) is 0 Å². The van der Waals surface area contributed by atoms with Crippen molar-refractivity contribution in [1.82, 2.24) is 5.32 Å². The average molecular weight is 395 g/mol. The molecule has 1 atom stereocenters. The zero-order chi connectivity index (χ0) is 13.5. The van der Waals surface area contributed by atoms with Gasteiger partial charge in [-0.2, -0.15) is 0 Å². The predicted molar refractivity (Wildman–Crippen MR) is 79.4 cm³/mol. The summed E-state index contributed by atoms with van der Waals surface area (Å²) >= 11 is 6.82. The second-order valence-electron chi connectivity index (χ2n) is 4.28. The normalized spacial score (nSPS) is 14.6. The number of nitrogens with one attached hydrogen (secondary N) is 1. The van der Waals surface area contributed by atoms with Crippen molar-refractivity contribution in [2.45, 2.75) is 44.7 Å². The van der Waals surface area contributed by atoms with E-state index in [1.807, 2.05) is 27.7 Å². The van der Waals surface area contributed by atoms with E-state index in [-0.39, 0.29) is 18.5 Å². The molecule has 0 aliphatic carbocycles. The maximum Gasteiger partial charge on any atom is 0.344 e. The molecule has 4 nitrogen and oxygen atoms in total. The lowest BCUT2D eigenvalue weighted by Crippen LogP contribution is -2.27. The molecule has 0 aliphatic heterocycles. The SMILES string of the molecule is CC(C)OP(=O)(CNCC(Br)CBr)OC(C)C. The van der Waals surface area contributed by atoms with Gasteiger partial charge in [-0.05, 0) is 27.7 Å². The fourth-order valence-corrected chi connectivity index (χ4v) is 3.50. The Hall–Kier alpha value is 1.07. The lowest BCUT2D eigenvalue weighted by atomic mass is 10.5. The summed E-state index contributed by atoms with van der Waals surface area (Å²) in [6, 6.07) is 0. The lowest BCUT2D eigenvalue weighted by molar-refractivity contribution is 0.141. The van der Waals surface area contributed by atoms with Gasteiger partial charge < -0.3 is 14.4 Å². The maximum absolute atomic E-state index is 12.4. The fraction of sp³-hybridized carbons (Fsp3) is 1.00. The van der Waals surface area contributed by atoms with Crippen LogP contribution in [-0.4, -0.2) is 35.2 Å². The third-order valence-electron chi connectivity index (χ3n) is 1.58. The molecule has 0 spiro atoms. The first-order valence-electron chi connectivity index (χ1n) is 5.65. The third kappa shape index (κ3) is 9.62. The quantitative estimate of drug-likeness (QED) is 0.478. The molecule has 7 heteroatoms. The highest BCUT2D eigenvalue weighted by Crippen LogP contribution is 2.49. The van der Waals surface area contributed by atoms with E-state index in [4.69, 9.17) is 9.05 Å². The van der Waals surface area contributed by atoms with Crippen LogP contribution in [0.3, 0.4) is 0 Å². The Balaban J connectivity index is 4.24. The van der Waals surface area contributed by atoms with Crippen LogP contribution in [0.4, 0.5) is 0 Å². The smallest absolute Gasteiger partial charge is 0.305 e. The number of rotatable bonds is 9. The van der Waals surface area contributed by atoms with Crippen LogP contribution >= 0.6 is 39.5 Å². The van der Waals surface area contributed by atoms with Crippen LogP contribution in [0.15, 0.2) is 0 Å². The summed E-state index contributed by atoms with van der Waals surface area (Å²) < 4.78 is 23.2. The summed E-state index contributed by atoms with van der Waals surface area (Å²) in [5.74, 6) is 0. The standard InChI is InChI=1S/C10H22Br2NO3P/c1-8(2)15-17(14,16-9(3)4)7-13-6-10(12)5-11/h8-10,13H,5-7H2,1-4H3. The van der Waals surface area contributed by atoms with Gasteiger partial charge in [-0.15, -0.1) is 0 Å². The molecule has 0 saturated carbocycles. The van der Waals surface area contributed by atoms with Gasteiger partial charge in [0.1, 0.15) is 0 Å². The molecule has 1 unspecified atom stereocenters. The Kier molecular flexibility index (Phi) is 9.62. The third-order valence-corrected chi connectivity index (χ3v) is 5.98. The Morgan fingerprint density at radius 3 is 2.00 bits per heavy atom. The summed E-state index contributed by atoms with van der Waals surface area (Å²) in [5, 5.41) is 3.93. The van der Waals surface area contributed by atoms with Crippen molar-refractivity contribution in [2.75, 3.05) is 18.2 Å². The van der Waals surface area contributed by atoms with Crippen molar-refractivity contribution < 1.29 is 13.6 Å². The minimum atomic E-state index is -3.05. The van der Waals surface area contributed by atoms with Crippen molar-refractivity contribution in [3.8, 4) is 0 Å². The average Bonchev–Trinajstić information content (AvgIpc) is 2.14. The molecule has 0 aliphatic rings. The van der Waals surface area contributed by atoms with E-state index in [0.29, 0.717) is 11.4 Å². The van der Waals surface area contributed by atoms with Crippen LogP contribution in [0.2, 0.25) is 0 Å². The van der Waals surface area contributed by atoms with Gasteiger partial charge in [0.2, 0.25) is 0 Å². The minimum Gasteiger partial charge on any atom is -0.305 e. The molecule has 0 fully saturated rings. The monoisotopic (exact) mass is 393 g/mol. The van der Waals surface area contributed by atoms with Gasteiger partial charge in [0.15, 0.2) is 0 Å². The summed E-state index contributed by atoms with van der Waals surface area (Å²) in [7, 11) is -3.05. The van der Waals surface area contributed by atoms with Crippen LogP contribution in [0.25, 0.3) is 0 Å². The van der Waals surface area contributed by atoms with Gasteiger partial charge in [-0.3, -0.25) is 4.57 Å². The van der Waals surface area contributed by atoms with E-state index >= 15 is 0 Å². The van der Waals surface area contributed by atoms with Crippen LogP contribution < -0.4 is 5.32 Å². The number of halogens is 2. The molecule has 0 aromatic heterocycles. The first-order valence-corrected chi connectivity index (χ1v) is 9.42.